The first-order chi connectivity index (χ1) is 8.25. The van der Waals surface area contributed by atoms with Gasteiger partial charge in [-0.2, -0.15) is 0 Å². The third-order valence-corrected chi connectivity index (χ3v) is 3.98. The van der Waals surface area contributed by atoms with Crippen LogP contribution in [0.3, 0.4) is 0 Å². The smallest absolute Gasteiger partial charge is 0.213 e. The fraction of sp³-hybridized carbons (Fsp3) is 0.615. The Labute approximate surface area is 111 Å². The van der Waals surface area contributed by atoms with E-state index >= 15 is 0 Å². The number of aromatic nitrogens is 1. The van der Waals surface area contributed by atoms with E-state index in [2.05, 4.69) is 26.2 Å². The topological polar surface area (TPSA) is 34.1 Å². The molecule has 1 unspecified atom stereocenters. The van der Waals surface area contributed by atoms with E-state index in [0.717, 1.165) is 35.5 Å². The Bertz CT molecular complexity index is 364. The normalized spacial score (nSPS) is 20.2. The maximum atomic E-state index is 5.67. The molecule has 0 aromatic carbocycles. The SMILES string of the molecule is Cc1cc(OCCC2CCCCN2)ncc1Br. The zero-order valence-electron chi connectivity index (χ0n) is 10.2. The van der Waals surface area contributed by atoms with E-state index in [-0.39, 0.29) is 0 Å². The summed E-state index contributed by atoms with van der Waals surface area (Å²) >= 11 is 3.43. The van der Waals surface area contributed by atoms with E-state index in [1.54, 1.807) is 6.20 Å². The molecule has 0 spiro atoms. The van der Waals surface area contributed by atoms with Gasteiger partial charge in [-0.05, 0) is 54.2 Å². The predicted molar refractivity (Wildman–Crippen MR) is 72.4 cm³/mol. The second kappa shape index (κ2) is 6.36. The van der Waals surface area contributed by atoms with Crippen LogP contribution in [0.5, 0.6) is 5.88 Å². The van der Waals surface area contributed by atoms with Crippen LogP contribution in [0.2, 0.25) is 0 Å². The summed E-state index contributed by atoms with van der Waals surface area (Å²) in [4.78, 5) is 4.23. The van der Waals surface area contributed by atoms with Gasteiger partial charge in [0.2, 0.25) is 5.88 Å². The zero-order chi connectivity index (χ0) is 12.1. The molecular weight excluding hydrogens is 280 g/mol. The minimum atomic E-state index is 0.625. The Hall–Kier alpha value is -0.610. The molecule has 0 bridgehead atoms. The fourth-order valence-corrected chi connectivity index (χ4v) is 2.29. The summed E-state index contributed by atoms with van der Waals surface area (Å²) in [6, 6.07) is 2.60. The van der Waals surface area contributed by atoms with Gasteiger partial charge < -0.3 is 10.1 Å². The second-order valence-corrected chi connectivity index (χ2v) is 5.41. The molecule has 94 valence electrons. The van der Waals surface area contributed by atoms with Crippen LogP contribution in [0.1, 0.15) is 31.2 Å². The van der Waals surface area contributed by atoms with Crippen molar-refractivity contribution in [1.29, 1.82) is 0 Å². The predicted octanol–water partition coefficient (Wildman–Crippen LogP) is 3.06. The van der Waals surface area contributed by atoms with Gasteiger partial charge in [-0.25, -0.2) is 4.98 Å². The molecule has 2 heterocycles. The Morgan fingerprint density at radius 1 is 1.53 bits per heavy atom. The third kappa shape index (κ3) is 3.96. The highest BCUT2D eigenvalue weighted by molar-refractivity contribution is 9.10. The number of aryl methyl sites for hydroxylation is 1. The first-order valence-electron chi connectivity index (χ1n) is 6.24. The van der Waals surface area contributed by atoms with Crippen molar-refractivity contribution in [3.05, 3.63) is 22.3 Å². The number of pyridine rings is 1. The number of halogens is 1. The minimum absolute atomic E-state index is 0.625. The highest BCUT2D eigenvalue weighted by Gasteiger charge is 2.12. The first-order valence-corrected chi connectivity index (χ1v) is 7.03. The average Bonchev–Trinajstić information content (AvgIpc) is 2.35. The standard InChI is InChI=1S/C13H19BrN2O/c1-10-8-13(16-9-12(10)14)17-7-5-11-4-2-3-6-15-11/h8-9,11,15H,2-7H2,1H3. The van der Waals surface area contributed by atoms with Crippen molar-refractivity contribution in [2.24, 2.45) is 0 Å². The van der Waals surface area contributed by atoms with Crippen molar-refractivity contribution in [2.45, 2.75) is 38.6 Å². The van der Waals surface area contributed by atoms with Crippen molar-refractivity contribution >= 4 is 15.9 Å². The number of rotatable bonds is 4. The zero-order valence-corrected chi connectivity index (χ0v) is 11.8. The van der Waals surface area contributed by atoms with Gasteiger partial charge in [0.1, 0.15) is 0 Å². The van der Waals surface area contributed by atoms with E-state index in [1.807, 2.05) is 13.0 Å². The van der Waals surface area contributed by atoms with Crippen LogP contribution in [-0.2, 0) is 0 Å². The summed E-state index contributed by atoms with van der Waals surface area (Å²) in [5, 5.41) is 3.52. The molecule has 1 saturated heterocycles. The van der Waals surface area contributed by atoms with Crippen LogP contribution in [0, 0.1) is 6.92 Å². The van der Waals surface area contributed by atoms with Crippen LogP contribution in [0.25, 0.3) is 0 Å². The molecule has 1 N–H and O–H groups in total. The molecule has 0 radical (unpaired) electrons. The van der Waals surface area contributed by atoms with Crippen molar-refractivity contribution in [1.82, 2.24) is 10.3 Å². The lowest BCUT2D eigenvalue weighted by molar-refractivity contribution is 0.260. The largest absolute Gasteiger partial charge is 0.478 e. The van der Waals surface area contributed by atoms with E-state index in [4.69, 9.17) is 4.74 Å². The number of nitrogens with one attached hydrogen (secondary N) is 1. The number of nitrogens with zero attached hydrogens (tertiary/aromatic N) is 1. The van der Waals surface area contributed by atoms with Gasteiger partial charge in [-0.1, -0.05) is 6.42 Å². The lowest BCUT2D eigenvalue weighted by atomic mass is 10.0. The Balaban J connectivity index is 1.75. The summed E-state index contributed by atoms with van der Waals surface area (Å²) in [7, 11) is 0. The molecular formula is C13H19BrN2O. The van der Waals surface area contributed by atoms with Gasteiger partial charge in [0.25, 0.3) is 0 Å². The van der Waals surface area contributed by atoms with Gasteiger partial charge in [-0.15, -0.1) is 0 Å². The van der Waals surface area contributed by atoms with Crippen LogP contribution in [0.4, 0.5) is 0 Å². The molecule has 3 nitrogen and oxygen atoms in total. The summed E-state index contributed by atoms with van der Waals surface area (Å²) in [5.74, 6) is 0.724. The molecule has 1 aliphatic heterocycles. The molecule has 4 heteroatoms. The number of ether oxygens (including phenoxy) is 1. The van der Waals surface area contributed by atoms with Crippen molar-refractivity contribution < 1.29 is 4.74 Å². The average molecular weight is 299 g/mol. The van der Waals surface area contributed by atoms with Crippen LogP contribution < -0.4 is 10.1 Å². The molecule has 1 fully saturated rings. The lowest BCUT2D eigenvalue weighted by Gasteiger charge is -2.23. The number of hydrogen-bond acceptors (Lipinski definition) is 3. The number of piperidine rings is 1. The molecule has 2 rings (SSSR count). The molecule has 1 aliphatic rings. The molecule has 1 aromatic heterocycles. The first kappa shape index (κ1) is 12.8. The Kier molecular flexibility index (Phi) is 4.80. The maximum absolute atomic E-state index is 5.67. The van der Waals surface area contributed by atoms with E-state index < -0.39 is 0 Å². The van der Waals surface area contributed by atoms with Gasteiger partial charge in [0.05, 0.1) is 6.61 Å². The second-order valence-electron chi connectivity index (χ2n) is 4.56. The van der Waals surface area contributed by atoms with E-state index in [0.29, 0.717) is 6.04 Å². The highest BCUT2D eigenvalue weighted by atomic mass is 79.9. The molecule has 17 heavy (non-hydrogen) atoms. The van der Waals surface area contributed by atoms with E-state index in [9.17, 15) is 0 Å². The number of hydrogen-bond donors (Lipinski definition) is 1. The van der Waals surface area contributed by atoms with Crippen molar-refractivity contribution in [3.63, 3.8) is 0 Å². The van der Waals surface area contributed by atoms with Gasteiger partial charge in [0.15, 0.2) is 0 Å². The summed E-state index contributed by atoms with van der Waals surface area (Å²) in [5.41, 5.74) is 1.16. The molecule has 0 saturated carbocycles. The van der Waals surface area contributed by atoms with Crippen LogP contribution in [-0.4, -0.2) is 24.2 Å². The van der Waals surface area contributed by atoms with Crippen molar-refractivity contribution in [2.75, 3.05) is 13.2 Å². The minimum Gasteiger partial charge on any atom is -0.478 e. The Morgan fingerprint density at radius 2 is 2.41 bits per heavy atom. The van der Waals surface area contributed by atoms with Gasteiger partial charge >= 0.3 is 0 Å². The highest BCUT2D eigenvalue weighted by Crippen LogP contribution is 2.19. The van der Waals surface area contributed by atoms with Crippen LogP contribution in [0.15, 0.2) is 16.7 Å². The third-order valence-electron chi connectivity index (χ3n) is 3.15. The maximum Gasteiger partial charge on any atom is 0.213 e. The Morgan fingerprint density at radius 3 is 3.12 bits per heavy atom. The lowest BCUT2D eigenvalue weighted by Crippen LogP contribution is -2.35. The summed E-state index contributed by atoms with van der Waals surface area (Å²) < 4.78 is 6.70. The molecule has 1 atom stereocenters. The molecule has 0 aliphatic carbocycles. The van der Waals surface area contributed by atoms with Gasteiger partial charge in [0, 0.05) is 22.8 Å². The molecule has 0 amide bonds. The summed E-state index contributed by atoms with van der Waals surface area (Å²) in [6.07, 6.45) is 6.79. The van der Waals surface area contributed by atoms with E-state index in [1.165, 1.54) is 19.3 Å². The van der Waals surface area contributed by atoms with Gasteiger partial charge in [-0.3, -0.25) is 0 Å². The monoisotopic (exact) mass is 298 g/mol. The van der Waals surface area contributed by atoms with Crippen molar-refractivity contribution in [3.8, 4) is 5.88 Å². The molecule has 1 aromatic rings. The fourth-order valence-electron chi connectivity index (χ4n) is 2.07. The quantitative estimate of drug-likeness (QED) is 0.928. The van der Waals surface area contributed by atoms with Crippen LogP contribution >= 0.6 is 15.9 Å². The summed E-state index contributed by atoms with van der Waals surface area (Å²) in [6.45, 7) is 3.94.